The molecular formula is C14H22FN3. The van der Waals surface area contributed by atoms with E-state index in [1.54, 1.807) is 12.1 Å². The first kappa shape index (κ1) is 13.5. The van der Waals surface area contributed by atoms with Crippen LogP contribution in [0.15, 0.2) is 18.2 Å². The Morgan fingerprint density at radius 1 is 1.33 bits per heavy atom. The zero-order valence-corrected chi connectivity index (χ0v) is 11.2. The molecule has 1 aromatic carbocycles. The Balaban J connectivity index is 2.07. The van der Waals surface area contributed by atoms with E-state index in [0.717, 1.165) is 37.3 Å². The fourth-order valence-electron chi connectivity index (χ4n) is 2.45. The predicted molar refractivity (Wildman–Crippen MR) is 71.7 cm³/mol. The smallest absolute Gasteiger partial charge is 0.123 e. The molecule has 1 saturated heterocycles. The fourth-order valence-corrected chi connectivity index (χ4v) is 2.45. The van der Waals surface area contributed by atoms with Gasteiger partial charge in [0, 0.05) is 38.8 Å². The Morgan fingerprint density at radius 3 is 2.78 bits per heavy atom. The third-order valence-corrected chi connectivity index (χ3v) is 3.83. The number of piperazine rings is 1. The first-order valence-corrected chi connectivity index (χ1v) is 6.50. The van der Waals surface area contributed by atoms with Gasteiger partial charge in [0.25, 0.3) is 0 Å². The van der Waals surface area contributed by atoms with E-state index in [9.17, 15) is 4.39 Å². The van der Waals surface area contributed by atoms with Crippen LogP contribution in [0.25, 0.3) is 0 Å². The van der Waals surface area contributed by atoms with Crippen molar-refractivity contribution in [3.63, 3.8) is 0 Å². The van der Waals surface area contributed by atoms with E-state index >= 15 is 0 Å². The molecule has 1 aliphatic heterocycles. The van der Waals surface area contributed by atoms with Gasteiger partial charge in [-0.1, -0.05) is 6.07 Å². The van der Waals surface area contributed by atoms with Crippen LogP contribution in [0, 0.1) is 5.82 Å². The summed E-state index contributed by atoms with van der Waals surface area (Å²) in [5.41, 5.74) is 7.77. The van der Waals surface area contributed by atoms with Crippen molar-refractivity contribution in [1.82, 2.24) is 9.80 Å². The molecule has 1 aromatic rings. The number of benzene rings is 1. The summed E-state index contributed by atoms with van der Waals surface area (Å²) >= 11 is 0. The van der Waals surface area contributed by atoms with E-state index in [0.29, 0.717) is 12.6 Å². The van der Waals surface area contributed by atoms with Gasteiger partial charge in [-0.15, -0.1) is 0 Å². The van der Waals surface area contributed by atoms with Crippen molar-refractivity contribution in [2.24, 2.45) is 5.73 Å². The highest BCUT2D eigenvalue weighted by atomic mass is 19.1. The molecule has 0 aromatic heterocycles. The molecule has 18 heavy (non-hydrogen) atoms. The van der Waals surface area contributed by atoms with Gasteiger partial charge in [-0.3, -0.25) is 4.90 Å². The fraction of sp³-hybridized carbons (Fsp3) is 0.571. The topological polar surface area (TPSA) is 32.5 Å². The number of halogens is 1. The van der Waals surface area contributed by atoms with E-state index in [2.05, 4.69) is 23.8 Å². The van der Waals surface area contributed by atoms with Crippen LogP contribution < -0.4 is 5.73 Å². The molecule has 1 aliphatic rings. The van der Waals surface area contributed by atoms with Gasteiger partial charge in [-0.25, -0.2) is 4.39 Å². The maximum Gasteiger partial charge on any atom is 0.123 e. The minimum atomic E-state index is -0.177. The molecule has 1 heterocycles. The second-order valence-electron chi connectivity index (χ2n) is 5.18. The lowest BCUT2D eigenvalue weighted by Gasteiger charge is -2.37. The normalized spacial score (nSPS) is 22.3. The average molecular weight is 251 g/mol. The highest BCUT2D eigenvalue weighted by Gasteiger charge is 2.21. The van der Waals surface area contributed by atoms with Crippen molar-refractivity contribution in [3.8, 4) is 0 Å². The monoisotopic (exact) mass is 251 g/mol. The molecule has 0 spiro atoms. The molecule has 0 saturated carbocycles. The van der Waals surface area contributed by atoms with Crippen LogP contribution >= 0.6 is 0 Å². The molecule has 0 amide bonds. The van der Waals surface area contributed by atoms with Crippen molar-refractivity contribution in [3.05, 3.63) is 35.1 Å². The third-order valence-electron chi connectivity index (χ3n) is 3.83. The highest BCUT2D eigenvalue weighted by molar-refractivity contribution is 5.27. The molecule has 1 fully saturated rings. The molecule has 1 unspecified atom stereocenters. The highest BCUT2D eigenvalue weighted by Crippen LogP contribution is 2.16. The molecule has 0 radical (unpaired) electrons. The van der Waals surface area contributed by atoms with Crippen LogP contribution in [0.5, 0.6) is 0 Å². The Bertz CT molecular complexity index is 408. The second-order valence-corrected chi connectivity index (χ2v) is 5.18. The number of rotatable bonds is 3. The largest absolute Gasteiger partial charge is 0.326 e. The lowest BCUT2D eigenvalue weighted by Crippen LogP contribution is -2.49. The van der Waals surface area contributed by atoms with E-state index < -0.39 is 0 Å². The molecule has 0 aliphatic carbocycles. The van der Waals surface area contributed by atoms with E-state index in [4.69, 9.17) is 5.73 Å². The Morgan fingerprint density at radius 2 is 2.11 bits per heavy atom. The average Bonchev–Trinajstić information content (AvgIpc) is 2.34. The van der Waals surface area contributed by atoms with Gasteiger partial charge in [0.15, 0.2) is 0 Å². The molecule has 2 rings (SSSR count). The van der Waals surface area contributed by atoms with Gasteiger partial charge in [-0.2, -0.15) is 0 Å². The Labute approximate surface area is 108 Å². The van der Waals surface area contributed by atoms with Crippen molar-refractivity contribution in [1.29, 1.82) is 0 Å². The summed E-state index contributed by atoms with van der Waals surface area (Å²) in [7, 11) is 2.15. The number of nitrogens with two attached hydrogens (primary N) is 1. The summed E-state index contributed by atoms with van der Waals surface area (Å²) in [5, 5.41) is 0. The minimum Gasteiger partial charge on any atom is -0.326 e. The number of hydrogen-bond donors (Lipinski definition) is 1. The van der Waals surface area contributed by atoms with Crippen molar-refractivity contribution < 1.29 is 4.39 Å². The van der Waals surface area contributed by atoms with E-state index in [-0.39, 0.29) is 5.82 Å². The molecule has 2 N–H and O–H groups in total. The van der Waals surface area contributed by atoms with Gasteiger partial charge in [0.2, 0.25) is 0 Å². The van der Waals surface area contributed by atoms with Crippen molar-refractivity contribution >= 4 is 0 Å². The van der Waals surface area contributed by atoms with Crippen LogP contribution in [0.4, 0.5) is 4.39 Å². The Hall–Kier alpha value is -0.970. The number of likely N-dealkylation sites (N-methyl/N-ethyl adjacent to an activating group) is 1. The van der Waals surface area contributed by atoms with Crippen LogP contribution in [-0.2, 0) is 13.1 Å². The van der Waals surface area contributed by atoms with Gasteiger partial charge in [0.1, 0.15) is 5.82 Å². The summed E-state index contributed by atoms with van der Waals surface area (Å²) < 4.78 is 13.3. The molecule has 0 bridgehead atoms. The summed E-state index contributed by atoms with van der Waals surface area (Å²) in [5.74, 6) is -0.177. The third kappa shape index (κ3) is 3.07. The summed E-state index contributed by atoms with van der Waals surface area (Å²) in [6.07, 6.45) is 0. The first-order chi connectivity index (χ1) is 8.60. The van der Waals surface area contributed by atoms with Gasteiger partial charge < -0.3 is 10.6 Å². The first-order valence-electron chi connectivity index (χ1n) is 6.50. The maximum atomic E-state index is 13.3. The zero-order valence-electron chi connectivity index (χ0n) is 11.2. The maximum absolute atomic E-state index is 13.3. The molecule has 1 atom stereocenters. The standard InChI is InChI=1S/C14H22FN3/c1-11-9-18(6-5-17(11)2)10-13-7-14(15)4-3-12(13)8-16/h3-4,7,11H,5-6,8-10,16H2,1-2H3. The molecule has 100 valence electrons. The molecular weight excluding hydrogens is 229 g/mol. The minimum absolute atomic E-state index is 0.177. The van der Waals surface area contributed by atoms with E-state index in [1.165, 1.54) is 6.07 Å². The Kier molecular flexibility index (Phi) is 4.32. The number of hydrogen-bond acceptors (Lipinski definition) is 3. The number of nitrogens with zero attached hydrogens (tertiary/aromatic N) is 2. The van der Waals surface area contributed by atoms with E-state index in [1.807, 2.05) is 0 Å². The van der Waals surface area contributed by atoms with Crippen LogP contribution in [0.3, 0.4) is 0 Å². The van der Waals surface area contributed by atoms with Crippen LogP contribution in [-0.4, -0.2) is 42.5 Å². The van der Waals surface area contributed by atoms with Gasteiger partial charge >= 0.3 is 0 Å². The lowest BCUT2D eigenvalue weighted by molar-refractivity contribution is 0.0997. The quantitative estimate of drug-likeness (QED) is 0.882. The molecule has 3 nitrogen and oxygen atoms in total. The summed E-state index contributed by atoms with van der Waals surface area (Å²) in [4.78, 5) is 4.73. The summed E-state index contributed by atoms with van der Waals surface area (Å²) in [6, 6.07) is 5.45. The summed E-state index contributed by atoms with van der Waals surface area (Å²) in [6.45, 7) is 6.61. The zero-order chi connectivity index (χ0) is 13.1. The van der Waals surface area contributed by atoms with Gasteiger partial charge in [-0.05, 0) is 37.2 Å². The second kappa shape index (κ2) is 5.78. The SMILES string of the molecule is CC1CN(Cc2cc(F)ccc2CN)CCN1C. The van der Waals surface area contributed by atoms with Crippen molar-refractivity contribution in [2.75, 3.05) is 26.7 Å². The van der Waals surface area contributed by atoms with Crippen molar-refractivity contribution in [2.45, 2.75) is 26.1 Å². The lowest BCUT2D eigenvalue weighted by atomic mass is 10.1. The van der Waals surface area contributed by atoms with Crippen LogP contribution in [0.2, 0.25) is 0 Å². The van der Waals surface area contributed by atoms with Crippen LogP contribution in [0.1, 0.15) is 18.1 Å². The predicted octanol–water partition coefficient (Wildman–Crippen LogP) is 1.42. The van der Waals surface area contributed by atoms with Gasteiger partial charge in [0.05, 0.1) is 0 Å². The molecule has 4 heteroatoms.